The van der Waals surface area contributed by atoms with Gasteiger partial charge in [-0.2, -0.15) is 0 Å². The third-order valence-corrected chi connectivity index (χ3v) is 0.883. The van der Waals surface area contributed by atoms with Crippen LogP contribution in [0.4, 0.5) is 0 Å². The molecule has 0 aliphatic carbocycles. The Kier molecular flexibility index (Phi) is 3.59. The zero-order chi connectivity index (χ0) is 6.57. The van der Waals surface area contributed by atoms with E-state index in [4.69, 9.17) is 0 Å². The van der Waals surface area contributed by atoms with Crippen LogP contribution >= 0.6 is 0 Å². The molecule has 0 fully saturated rings. The molecule has 0 radical (unpaired) electrons. The number of hydrogen-bond donors (Lipinski definition) is 0. The van der Waals surface area contributed by atoms with Crippen LogP contribution in [0, 0.1) is 0 Å². The van der Waals surface area contributed by atoms with Crippen LogP contribution < -0.4 is 0 Å². The summed E-state index contributed by atoms with van der Waals surface area (Å²) in [4.78, 5) is 9.64. The Hall–Kier alpha value is -0.260. The summed E-state index contributed by atoms with van der Waals surface area (Å²) in [6, 6.07) is 0. The van der Waals surface area contributed by atoms with Gasteiger partial charge in [-0.1, -0.05) is 0 Å². The molecule has 0 bridgehead atoms. The minimum absolute atomic E-state index is 0.399. The molecule has 0 heterocycles. The lowest BCUT2D eigenvalue weighted by Crippen LogP contribution is -2.10. The van der Waals surface area contributed by atoms with E-state index in [1.807, 2.05) is 0 Å². The van der Waals surface area contributed by atoms with Gasteiger partial charge >= 0.3 is 0 Å². The second-order valence-electron chi connectivity index (χ2n) is 1.14. The molecular formula is C3H5O4S-. The second-order valence-corrected chi connectivity index (χ2v) is 1.74. The molecule has 2 unspecified atom stereocenters. The highest BCUT2D eigenvalue weighted by Gasteiger charge is 1.95. The number of rotatable bonds is 3. The zero-order valence-electron chi connectivity index (χ0n) is 4.20. The summed E-state index contributed by atoms with van der Waals surface area (Å²) in [5.41, 5.74) is 0. The Bertz CT molecular complexity index is 101. The van der Waals surface area contributed by atoms with Crippen molar-refractivity contribution >= 4 is 17.6 Å². The monoisotopic (exact) mass is 137 g/mol. The van der Waals surface area contributed by atoms with Crippen molar-refractivity contribution in [3.05, 3.63) is 0 Å². The van der Waals surface area contributed by atoms with Crippen molar-refractivity contribution in [3.8, 4) is 0 Å². The Balaban J connectivity index is 3.38. The highest BCUT2D eigenvalue weighted by molar-refractivity contribution is 7.74. The maximum Gasteiger partial charge on any atom is 0.149 e. The van der Waals surface area contributed by atoms with Gasteiger partial charge in [-0.15, -0.1) is 0 Å². The van der Waals surface area contributed by atoms with Crippen LogP contribution in [0.2, 0.25) is 0 Å². The van der Waals surface area contributed by atoms with Crippen molar-refractivity contribution < 1.29 is 17.7 Å². The van der Waals surface area contributed by atoms with E-state index in [1.165, 1.54) is 6.92 Å². The average molecular weight is 137 g/mol. The van der Waals surface area contributed by atoms with Gasteiger partial charge in [-0.05, 0) is 6.92 Å². The van der Waals surface area contributed by atoms with E-state index in [0.29, 0.717) is 6.29 Å². The zero-order valence-corrected chi connectivity index (χ0v) is 5.01. The lowest BCUT2D eigenvalue weighted by atomic mass is 10.5. The summed E-state index contributed by atoms with van der Waals surface area (Å²) in [6.07, 6.45) is -0.469. The molecule has 0 amide bonds. The molecule has 0 N–H and O–H groups in total. The lowest BCUT2D eigenvalue weighted by molar-refractivity contribution is -0.112. The molecule has 5 heteroatoms. The summed E-state index contributed by atoms with van der Waals surface area (Å²) in [7, 11) is 0. The molecule has 8 heavy (non-hydrogen) atoms. The normalized spacial score (nSPS) is 17.2. The predicted molar refractivity (Wildman–Crippen MR) is 25.5 cm³/mol. The Morgan fingerprint density at radius 3 is 2.50 bits per heavy atom. The minimum atomic E-state index is -2.58. The summed E-state index contributed by atoms with van der Waals surface area (Å²) < 4.78 is 23.1. The van der Waals surface area contributed by atoms with E-state index >= 15 is 0 Å². The van der Waals surface area contributed by atoms with Gasteiger partial charge in [0.2, 0.25) is 0 Å². The molecule has 0 aromatic carbocycles. The second kappa shape index (κ2) is 3.71. The molecule has 0 saturated heterocycles. The molecule has 0 aliphatic rings. The molecule has 0 saturated carbocycles. The smallest absolute Gasteiger partial charge is 0.149 e. The molecule has 0 aromatic rings. The Labute approximate surface area is 49.3 Å². The molecule has 0 rings (SSSR count). The van der Waals surface area contributed by atoms with Gasteiger partial charge in [0.15, 0.2) is 0 Å². The van der Waals surface area contributed by atoms with Gasteiger partial charge < -0.3 is 9.35 Å². The van der Waals surface area contributed by atoms with E-state index in [1.54, 1.807) is 0 Å². The molecule has 0 spiro atoms. The van der Waals surface area contributed by atoms with Gasteiger partial charge in [0, 0.05) is 0 Å². The van der Waals surface area contributed by atoms with E-state index in [0.717, 1.165) is 0 Å². The summed E-state index contributed by atoms with van der Waals surface area (Å²) in [5.74, 6) is 0. The van der Waals surface area contributed by atoms with Gasteiger partial charge in [-0.25, -0.2) is 4.21 Å². The summed E-state index contributed by atoms with van der Waals surface area (Å²) in [6.45, 7) is 1.34. The first-order valence-corrected chi connectivity index (χ1v) is 2.88. The van der Waals surface area contributed by atoms with Crippen LogP contribution in [-0.2, 0) is 20.3 Å². The van der Waals surface area contributed by atoms with Gasteiger partial charge in [0.25, 0.3) is 0 Å². The third-order valence-electron chi connectivity index (χ3n) is 0.422. The number of hydrogen-bond acceptors (Lipinski definition) is 4. The molecule has 4 nitrogen and oxygen atoms in total. The highest BCUT2D eigenvalue weighted by Crippen LogP contribution is 1.86. The van der Waals surface area contributed by atoms with E-state index in [2.05, 4.69) is 4.18 Å². The maximum absolute atomic E-state index is 9.64. The SMILES string of the molecule is CC(C=O)OS(=O)[O-]. The topological polar surface area (TPSA) is 66.4 Å². The first-order chi connectivity index (χ1) is 3.66. The van der Waals surface area contributed by atoms with Crippen molar-refractivity contribution in [2.75, 3.05) is 0 Å². The number of carbonyl (C=O) groups is 1. The molecule has 2 atom stereocenters. The first-order valence-electron chi connectivity index (χ1n) is 1.88. The molecule has 48 valence electrons. The van der Waals surface area contributed by atoms with E-state index in [-0.39, 0.29) is 0 Å². The fraction of sp³-hybridized carbons (Fsp3) is 0.667. The Morgan fingerprint density at radius 2 is 2.38 bits per heavy atom. The van der Waals surface area contributed by atoms with Crippen LogP contribution in [0.3, 0.4) is 0 Å². The predicted octanol–water partition coefficient (Wildman–Crippen LogP) is -0.615. The Morgan fingerprint density at radius 1 is 1.88 bits per heavy atom. The van der Waals surface area contributed by atoms with Crippen LogP contribution in [0.5, 0.6) is 0 Å². The van der Waals surface area contributed by atoms with Crippen LogP contribution in [0.15, 0.2) is 0 Å². The fourth-order valence-corrected chi connectivity index (χ4v) is 0.440. The number of aldehydes is 1. The summed E-state index contributed by atoms with van der Waals surface area (Å²) >= 11 is -2.58. The van der Waals surface area contributed by atoms with Crippen molar-refractivity contribution in [2.24, 2.45) is 0 Å². The van der Waals surface area contributed by atoms with Crippen molar-refractivity contribution in [1.29, 1.82) is 0 Å². The number of carbonyl (C=O) groups excluding carboxylic acids is 1. The van der Waals surface area contributed by atoms with Crippen LogP contribution in [0.1, 0.15) is 6.92 Å². The van der Waals surface area contributed by atoms with Crippen molar-refractivity contribution in [1.82, 2.24) is 0 Å². The van der Waals surface area contributed by atoms with Gasteiger partial charge in [0.05, 0.1) is 11.4 Å². The largest absolute Gasteiger partial charge is 0.750 e. The quantitative estimate of drug-likeness (QED) is 0.384. The van der Waals surface area contributed by atoms with E-state index < -0.39 is 17.5 Å². The summed E-state index contributed by atoms with van der Waals surface area (Å²) in [5, 5.41) is 0. The molecular weight excluding hydrogens is 132 g/mol. The van der Waals surface area contributed by atoms with Gasteiger partial charge in [-0.3, -0.25) is 4.18 Å². The van der Waals surface area contributed by atoms with Gasteiger partial charge in [0.1, 0.15) is 12.4 Å². The van der Waals surface area contributed by atoms with Crippen LogP contribution in [-0.4, -0.2) is 21.2 Å². The molecule has 0 aromatic heterocycles. The van der Waals surface area contributed by atoms with Crippen LogP contribution in [0.25, 0.3) is 0 Å². The third kappa shape index (κ3) is 3.91. The standard InChI is InChI=1S/C3H6O4S/c1-3(2-4)7-8(5)6/h2-3H,1H3,(H,5,6)/p-1. The highest BCUT2D eigenvalue weighted by atomic mass is 32.2. The van der Waals surface area contributed by atoms with Crippen molar-refractivity contribution in [3.63, 3.8) is 0 Å². The first kappa shape index (κ1) is 7.74. The minimum Gasteiger partial charge on any atom is -0.750 e. The fourth-order valence-electron chi connectivity index (χ4n) is 0.147. The van der Waals surface area contributed by atoms with Crippen molar-refractivity contribution in [2.45, 2.75) is 13.0 Å². The average Bonchev–Trinajstić information content (AvgIpc) is 1.65. The molecule has 0 aliphatic heterocycles. The maximum atomic E-state index is 9.64. The lowest BCUT2D eigenvalue weighted by Gasteiger charge is -2.05. The van der Waals surface area contributed by atoms with E-state index in [9.17, 15) is 13.6 Å².